The van der Waals surface area contributed by atoms with Crippen LogP contribution in [0.25, 0.3) is 0 Å². The summed E-state index contributed by atoms with van der Waals surface area (Å²) < 4.78 is 14.1. The third-order valence-corrected chi connectivity index (χ3v) is 1.69. The van der Waals surface area contributed by atoms with Crippen LogP contribution >= 0.6 is 7.82 Å². The molecule has 16 heavy (non-hydrogen) atoms. The van der Waals surface area contributed by atoms with Crippen molar-refractivity contribution in [3.05, 3.63) is 34.4 Å². The van der Waals surface area contributed by atoms with Crippen LogP contribution in [0.1, 0.15) is 0 Å². The SMILES string of the molecule is O=[N+]([O-])c1ccccc1OP(=O)([O-])[O-].[Na+].[Na+]. The molecule has 0 spiro atoms. The average molecular weight is 263 g/mol. The van der Waals surface area contributed by atoms with E-state index >= 15 is 0 Å². The van der Waals surface area contributed by atoms with Crippen molar-refractivity contribution in [2.24, 2.45) is 0 Å². The van der Waals surface area contributed by atoms with Gasteiger partial charge in [-0.25, -0.2) is 0 Å². The molecule has 0 aliphatic rings. The van der Waals surface area contributed by atoms with E-state index in [0.717, 1.165) is 12.1 Å². The number of hydrogen-bond acceptors (Lipinski definition) is 6. The van der Waals surface area contributed by atoms with Crippen molar-refractivity contribution in [3.8, 4) is 5.75 Å². The molecule has 1 rings (SSSR count). The Morgan fingerprint density at radius 1 is 1.19 bits per heavy atom. The summed E-state index contributed by atoms with van der Waals surface area (Å²) in [4.78, 5) is 29.9. The minimum atomic E-state index is -5.26. The summed E-state index contributed by atoms with van der Waals surface area (Å²) in [6.45, 7) is 0. The number of rotatable bonds is 3. The van der Waals surface area contributed by atoms with Gasteiger partial charge in [-0.2, -0.15) is 0 Å². The molecule has 0 fully saturated rings. The fraction of sp³-hybridized carbons (Fsp3) is 0. The third-order valence-electron chi connectivity index (χ3n) is 1.27. The van der Waals surface area contributed by atoms with Crippen molar-refractivity contribution in [1.82, 2.24) is 0 Å². The van der Waals surface area contributed by atoms with Crippen molar-refractivity contribution >= 4 is 13.5 Å². The number of nitrogens with zero attached hydrogens (tertiary/aromatic N) is 1. The molecule has 0 aliphatic carbocycles. The van der Waals surface area contributed by atoms with Gasteiger partial charge in [-0.1, -0.05) is 12.1 Å². The smallest absolute Gasteiger partial charge is 0.780 e. The van der Waals surface area contributed by atoms with E-state index < -0.39 is 24.2 Å². The topological polar surface area (TPSA) is 116 Å². The van der Waals surface area contributed by atoms with Crippen LogP contribution in [0.2, 0.25) is 0 Å². The second kappa shape index (κ2) is 7.81. The van der Waals surface area contributed by atoms with Gasteiger partial charge in [-0.15, -0.1) is 0 Å². The van der Waals surface area contributed by atoms with E-state index in [1.165, 1.54) is 12.1 Å². The van der Waals surface area contributed by atoms with Gasteiger partial charge in [-0.3, -0.25) is 10.1 Å². The maximum Gasteiger partial charge on any atom is 1.00 e. The molecule has 0 heterocycles. The Morgan fingerprint density at radius 3 is 2.12 bits per heavy atom. The van der Waals surface area contributed by atoms with Crippen molar-refractivity contribution in [2.45, 2.75) is 0 Å². The molecule has 0 atom stereocenters. The zero-order chi connectivity index (χ0) is 10.8. The number of nitro benzene ring substituents is 1. The Labute approximate surface area is 135 Å². The fourth-order valence-corrected chi connectivity index (χ4v) is 1.20. The first-order valence-corrected chi connectivity index (χ1v) is 4.81. The van der Waals surface area contributed by atoms with Gasteiger partial charge >= 0.3 is 64.8 Å². The van der Waals surface area contributed by atoms with E-state index in [1.54, 1.807) is 0 Å². The Hall–Kier alpha value is 0.570. The number of phosphoric acid groups is 1. The first kappa shape index (κ1) is 18.9. The molecule has 0 bridgehead atoms. The van der Waals surface area contributed by atoms with Gasteiger partial charge in [0.2, 0.25) is 5.75 Å². The minimum absolute atomic E-state index is 0. The predicted octanol–water partition coefficient (Wildman–Crippen LogP) is -6.19. The van der Waals surface area contributed by atoms with Crippen molar-refractivity contribution < 1.29 is 82.9 Å². The van der Waals surface area contributed by atoms with Gasteiger partial charge in [0.05, 0.1) is 4.92 Å². The molecular weight excluding hydrogens is 259 g/mol. The van der Waals surface area contributed by atoms with Gasteiger partial charge in [0.15, 0.2) is 0 Å². The Bertz CT molecular complexity index is 408. The summed E-state index contributed by atoms with van der Waals surface area (Å²) in [6.07, 6.45) is 0. The maximum absolute atomic E-state index is 10.3. The van der Waals surface area contributed by atoms with Crippen LogP contribution in [-0.2, 0) is 4.57 Å². The van der Waals surface area contributed by atoms with Crippen LogP contribution in [0.15, 0.2) is 24.3 Å². The van der Waals surface area contributed by atoms with Crippen molar-refractivity contribution in [3.63, 3.8) is 0 Å². The minimum Gasteiger partial charge on any atom is -0.780 e. The quantitative estimate of drug-likeness (QED) is 0.232. The molecule has 0 saturated carbocycles. The number of para-hydroxylation sites is 2. The number of benzene rings is 1. The molecule has 76 valence electrons. The standard InChI is InChI=1S/C6H6NO6P.2Na/c8-7(9)5-3-1-2-4-6(5)13-14(10,11)12;;/h1-4H,(H2,10,11,12);;/q;2*+1/p-2. The molecule has 0 unspecified atom stereocenters. The number of hydrogen-bond donors (Lipinski definition) is 0. The average Bonchev–Trinajstić information content (AvgIpc) is 2.01. The maximum atomic E-state index is 10.3. The van der Waals surface area contributed by atoms with Crippen LogP contribution < -0.4 is 73.4 Å². The monoisotopic (exact) mass is 263 g/mol. The predicted molar refractivity (Wildman–Crippen MR) is 41.3 cm³/mol. The Balaban J connectivity index is 0. The zero-order valence-electron chi connectivity index (χ0n) is 8.65. The Morgan fingerprint density at radius 2 is 1.69 bits per heavy atom. The van der Waals surface area contributed by atoms with Crippen LogP contribution in [0.4, 0.5) is 5.69 Å². The summed E-state index contributed by atoms with van der Waals surface area (Å²) in [5.41, 5.74) is -0.570. The fourth-order valence-electron chi connectivity index (χ4n) is 0.806. The zero-order valence-corrected chi connectivity index (χ0v) is 13.5. The third kappa shape index (κ3) is 6.34. The van der Waals surface area contributed by atoms with E-state index in [0.29, 0.717) is 0 Å². The second-order valence-electron chi connectivity index (χ2n) is 2.26. The van der Waals surface area contributed by atoms with Gasteiger partial charge in [0.1, 0.15) is 7.82 Å². The van der Waals surface area contributed by atoms with Crippen LogP contribution in [-0.4, -0.2) is 4.92 Å². The van der Waals surface area contributed by atoms with Gasteiger partial charge in [0.25, 0.3) is 0 Å². The van der Waals surface area contributed by atoms with E-state index in [1.807, 2.05) is 0 Å². The van der Waals surface area contributed by atoms with Crippen LogP contribution in [0.3, 0.4) is 0 Å². The molecule has 0 N–H and O–H groups in total. The van der Waals surface area contributed by atoms with Crippen molar-refractivity contribution in [2.75, 3.05) is 0 Å². The summed E-state index contributed by atoms with van der Waals surface area (Å²) in [5, 5.41) is 10.3. The summed E-state index contributed by atoms with van der Waals surface area (Å²) in [7, 11) is -5.26. The molecule has 0 saturated heterocycles. The number of nitro groups is 1. The van der Waals surface area contributed by atoms with Gasteiger partial charge in [-0.05, 0) is 6.07 Å². The van der Waals surface area contributed by atoms with E-state index in [9.17, 15) is 24.5 Å². The largest absolute Gasteiger partial charge is 1.00 e. The molecule has 7 nitrogen and oxygen atoms in total. The van der Waals surface area contributed by atoms with E-state index in [4.69, 9.17) is 0 Å². The van der Waals surface area contributed by atoms with Gasteiger partial charge in [0, 0.05) is 6.07 Å². The normalized spacial score (nSPS) is 9.62. The first-order chi connectivity index (χ1) is 6.40. The van der Waals surface area contributed by atoms with E-state index in [-0.39, 0.29) is 59.1 Å². The summed E-state index contributed by atoms with van der Waals surface area (Å²) in [5.74, 6) is -0.578. The molecule has 10 heteroatoms. The molecule has 0 aliphatic heterocycles. The molecule has 0 radical (unpaired) electrons. The Kier molecular flexibility index (Phi) is 9.24. The molecule has 1 aromatic rings. The first-order valence-electron chi connectivity index (χ1n) is 3.35. The molecule has 1 aromatic carbocycles. The molecular formula is C6H4NNa2O6P. The van der Waals surface area contributed by atoms with Crippen LogP contribution in [0, 0.1) is 10.1 Å². The van der Waals surface area contributed by atoms with Crippen molar-refractivity contribution in [1.29, 1.82) is 0 Å². The molecule has 0 amide bonds. The second-order valence-corrected chi connectivity index (χ2v) is 3.34. The number of phosphoric ester groups is 1. The van der Waals surface area contributed by atoms with Crippen LogP contribution in [0.5, 0.6) is 5.75 Å². The molecule has 0 aromatic heterocycles. The van der Waals surface area contributed by atoms with Gasteiger partial charge < -0.3 is 18.9 Å². The summed E-state index contributed by atoms with van der Waals surface area (Å²) in [6, 6.07) is 4.70. The summed E-state index contributed by atoms with van der Waals surface area (Å²) >= 11 is 0. The van der Waals surface area contributed by atoms with E-state index in [2.05, 4.69) is 4.52 Å².